The fourth-order valence-electron chi connectivity index (χ4n) is 3.79. The van der Waals surface area contributed by atoms with Crippen LogP contribution in [0.1, 0.15) is 46.5 Å². The van der Waals surface area contributed by atoms with Crippen LogP contribution in [-0.4, -0.2) is 23.5 Å². The van der Waals surface area contributed by atoms with Crippen LogP contribution in [0.5, 0.6) is 5.75 Å². The van der Waals surface area contributed by atoms with Crippen molar-refractivity contribution in [3.05, 3.63) is 100 Å². The van der Waals surface area contributed by atoms with Crippen molar-refractivity contribution in [2.24, 2.45) is 0 Å². The molecule has 2 N–H and O–H groups in total. The molecule has 34 heavy (non-hydrogen) atoms. The summed E-state index contributed by atoms with van der Waals surface area (Å²) in [6.07, 6.45) is 2.62. The summed E-state index contributed by atoms with van der Waals surface area (Å²) < 4.78 is 19.2. The van der Waals surface area contributed by atoms with Gasteiger partial charge in [0.15, 0.2) is 0 Å². The monoisotopic (exact) mass is 454 g/mol. The standard InChI is InChI=1S/C29H27FN2O2/c1-19(2)34-28-13-9-21(8-10-22-11-12-24(30)16-20(22)3)17-26(28)29(33)31-15-14-23-18-32-27-7-5-4-6-25(23)27/h4-7,9,11-13,16-19,32H,14-15H2,1-3H3,(H,31,33). The first-order chi connectivity index (χ1) is 16.4. The first-order valence-electron chi connectivity index (χ1n) is 11.3. The van der Waals surface area contributed by atoms with Gasteiger partial charge in [0, 0.05) is 34.8 Å². The van der Waals surface area contributed by atoms with Crippen molar-refractivity contribution in [3.8, 4) is 17.6 Å². The molecular formula is C29H27FN2O2. The zero-order valence-corrected chi connectivity index (χ0v) is 19.5. The number of nitrogens with one attached hydrogen (secondary N) is 2. The molecule has 1 amide bonds. The molecule has 0 aliphatic rings. The van der Waals surface area contributed by atoms with Crippen LogP contribution < -0.4 is 10.1 Å². The Kier molecular flexibility index (Phi) is 6.98. The SMILES string of the molecule is Cc1cc(F)ccc1C#Cc1ccc(OC(C)C)c(C(=O)NCCc2c[nH]c3ccccc23)c1. The second-order valence-electron chi connectivity index (χ2n) is 8.45. The number of rotatable bonds is 6. The van der Waals surface area contributed by atoms with Gasteiger partial charge in [-0.1, -0.05) is 30.0 Å². The Morgan fingerprint density at radius 3 is 2.71 bits per heavy atom. The van der Waals surface area contributed by atoms with E-state index >= 15 is 0 Å². The van der Waals surface area contributed by atoms with Crippen LogP contribution >= 0.6 is 0 Å². The van der Waals surface area contributed by atoms with Gasteiger partial charge in [0.25, 0.3) is 5.91 Å². The molecule has 4 rings (SSSR count). The minimum Gasteiger partial charge on any atom is -0.490 e. The zero-order chi connectivity index (χ0) is 24.1. The predicted molar refractivity (Wildman–Crippen MR) is 134 cm³/mol. The highest BCUT2D eigenvalue weighted by Gasteiger charge is 2.15. The van der Waals surface area contributed by atoms with Crippen molar-refractivity contribution in [2.75, 3.05) is 6.54 Å². The fourth-order valence-corrected chi connectivity index (χ4v) is 3.79. The molecule has 0 atom stereocenters. The quantitative estimate of drug-likeness (QED) is 0.363. The lowest BCUT2D eigenvalue weighted by molar-refractivity contribution is 0.0948. The third kappa shape index (κ3) is 5.47. The molecule has 0 fully saturated rings. The van der Waals surface area contributed by atoms with Gasteiger partial charge < -0.3 is 15.0 Å². The van der Waals surface area contributed by atoms with E-state index < -0.39 is 0 Å². The number of carbonyl (C=O) groups is 1. The highest BCUT2D eigenvalue weighted by molar-refractivity contribution is 5.97. The van der Waals surface area contributed by atoms with Crippen LogP contribution in [0.4, 0.5) is 4.39 Å². The van der Waals surface area contributed by atoms with E-state index in [1.54, 1.807) is 18.2 Å². The number of carbonyl (C=O) groups excluding carboxylic acids is 1. The van der Waals surface area contributed by atoms with Crippen molar-refractivity contribution in [1.29, 1.82) is 0 Å². The normalized spacial score (nSPS) is 10.7. The average molecular weight is 455 g/mol. The Bertz CT molecular complexity index is 1390. The van der Waals surface area contributed by atoms with Crippen molar-refractivity contribution in [3.63, 3.8) is 0 Å². The molecule has 5 heteroatoms. The molecule has 1 heterocycles. The third-order valence-corrected chi connectivity index (χ3v) is 5.47. The van der Waals surface area contributed by atoms with Crippen LogP contribution in [0, 0.1) is 24.6 Å². The van der Waals surface area contributed by atoms with E-state index in [1.165, 1.54) is 12.1 Å². The van der Waals surface area contributed by atoms with Gasteiger partial charge in [-0.05, 0) is 80.8 Å². The van der Waals surface area contributed by atoms with Gasteiger partial charge in [-0.25, -0.2) is 4.39 Å². The highest BCUT2D eigenvalue weighted by atomic mass is 19.1. The van der Waals surface area contributed by atoms with E-state index in [2.05, 4.69) is 28.2 Å². The molecule has 4 aromatic rings. The van der Waals surface area contributed by atoms with Gasteiger partial charge >= 0.3 is 0 Å². The van der Waals surface area contributed by atoms with E-state index in [0.29, 0.717) is 29.8 Å². The largest absolute Gasteiger partial charge is 0.490 e. The van der Waals surface area contributed by atoms with E-state index in [0.717, 1.165) is 27.6 Å². The molecular weight excluding hydrogens is 427 g/mol. The number of halogens is 1. The van der Waals surface area contributed by atoms with Crippen molar-refractivity contribution in [1.82, 2.24) is 10.3 Å². The fraction of sp³-hybridized carbons (Fsp3) is 0.207. The molecule has 0 saturated heterocycles. The summed E-state index contributed by atoms with van der Waals surface area (Å²) >= 11 is 0. The summed E-state index contributed by atoms with van der Waals surface area (Å²) in [6, 6.07) is 18.0. The summed E-state index contributed by atoms with van der Waals surface area (Å²) in [6.45, 7) is 6.15. The molecule has 0 aliphatic heterocycles. The molecule has 1 aromatic heterocycles. The lowest BCUT2D eigenvalue weighted by atomic mass is 10.1. The van der Waals surface area contributed by atoms with Crippen molar-refractivity contribution < 1.29 is 13.9 Å². The molecule has 4 nitrogen and oxygen atoms in total. The summed E-state index contributed by atoms with van der Waals surface area (Å²) in [5.41, 5.74) is 4.87. The molecule has 0 aliphatic carbocycles. The molecule has 0 spiro atoms. The summed E-state index contributed by atoms with van der Waals surface area (Å²) in [4.78, 5) is 16.3. The lowest BCUT2D eigenvalue weighted by Crippen LogP contribution is -2.26. The van der Waals surface area contributed by atoms with Gasteiger partial charge in [0.05, 0.1) is 11.7 Å². The number of fused-ring (bicyclic) bond motifs is 1. The zero-order valence-electron chi connectivity index (χ0n) is 19.5. The predicted octanol–water partition coefficient (Wildman–Crippen LogP) is 5.77. The number of benzene rings is 3. The number of aromatic nitrogens is 1. The molecule has 0 unspecified atom stereocenters. The number of ether oxygens (including phenoxy) is 1. The van der Waals surface area contributed by atoms with E-state index in [-0.39, 0.29) is 17.8 Å². The van der Waals surface area contributed by atoms with Crippen LogP contribution in [-0.2, 0) is 6.42 Å². The highest BCUT2D eigenvalue weighted by Crippen LogP contribution is 2.22. The van der Waals surface area contributed by atoms with E-state index in [4.69, 9.17) is 4.74 Å². The molecule has 0 radical (unpaired) electrons. The summed E-state index contributed by atoms with van der Waals surface area (Å²) in [7, 11) is 0. The second-order valence-corrected chi connectivity index (χ2v) is 8.45. The number of hydrogen-bond donors (Lipinski definition) is 2. The van der Waals surface area contributed by atoms with Gasteiger partial charge in [-0.2, -0.15) is 0 Å². The number of H-pyrrole nitrogens is 1. The molecule has 172 valence electrons. The summed E-state index contributed by atoms with van der Waals surface area (Å²) in [5.74, 6) is 6.17. The maximum absolute atomic E-state index is 13.4. The minimum atomic E-state index is -0.287. The second kappa shape index (κ2) is 10.3. The first-order valence-corrected chi connectivity index (χ1v) is 11.3. The molecule has 3 aromatic carbocycles. The topological polar surface area (TPSA) is 54.1 Å². The van der Waals surface area contributed by atoms with Gasteiger partial charge in [-0.15, -0.1) is 0 Å². The maximum Gasteiger partial charge on any atom is 0.255 e. The lowest BCUT2D eigenvalue weighted by Gasteiger charge is -2.14. The molecule has 0 bridgehead atoms. The van der Waals surface area contributed by atoms with E-state index in [1.807, 2.05) is 51.2 Å². The van der Waals surface area contributed by atoms with Gasteiger partial charge in [-0.3, -0.25) is 4.79 Å². The van der Waals surface area contributed by atoms with Crippen LogP contribution in [0.15, 0.2) is 66.9 Å². The number of amides is 1. The Morgan fingerprint density at radius 1 is 1.09 bits per heavy atom. The van der Waals surface area contributed by atoms with Gasteiger partial charge in [0.2, 0.25) is 0 Å². The van der Waals surface area contributed by atoms with Crippen LogP contribution in [0.25, 0.3) is 10.9 Å². The number of aromatic amines is 1. The Hall–Kier alpha value is -4.04. The first kappa shape index (κ1) is 23.1. The van der Waals surface area contributed by atoms with Gasteiger partial charge in [0.1, 0.15) is 11.6 Å². The Morgan fingerprint density at radius 2 is 1.91 bits per heavy atom. The smallest absolute Gasteiger partial charge is 0.255 e. The van der Waals surface area contributed by atoms with Crippen molar-refractivity contribution >= 4 is 16.8 Å². The number of aryl methyl sites for hydroxylation is 1. The minimum absolute atomic E-state index is 0.0726. The Labute approximate surface area is 199 Å². The summed E-state index contributed by atoms with van der Waals surface area (Å²) in [5, 5.41) is 4.17. The number of hydrogen-bond acceptors (Lipinski definition) is 2. The average Bonchev–Trinajstić information content (AvgIpc) is 3.22. The number of para-hydroxylation sites is 1. The van der Waals surface area contributed by atoms with Crippen LogP contribution in [0.3, 0.4) is 0 Å². The third-order valence-electron chi connectivity index (χ3n) is 5.47. The molecule has 0 saturated carbocycles. The van der Waals surface area contributed by atoms with Crippen molar-refractivity contribution in [2.45, 2.75) is 33.3 Å². The Balaban J connectivity index is 1.52. The van der Waals surface area contributed by atoms with Crippen LogP contribution in [0.2, 0.25) is 0 Å². The maximum atomic E-state index is 13.4. The van der Waals surface area contributed by atoms with E-state index in [9.17, 15) is 9.18 Å².